The highest BCUT2D eigenvalue weighted by atomic mass is 32.2. The topological polar surface area (TPSA) is 97.7 Å². The number of ether oxygens (including phenoxy) is 3. The van der Waals surface area contributed by atoms with Crippen molar-refractivity contribution < 1.29 is 23.8 Å². The molecule has 1 aliphatic heterocycles. The van der Waals surface area contributed by atoms with Crippen molar-refractivity contribution in [3.05, 3.63) is 77.9 Å². The van der Waals surface area contributed by atoms with Crippen LogP contribution in [-0.4, -0.2) is 24.8 Å². The van der Waals surface area contributed by atoms with Gasteiger partial charge in [0, 0.05) is 21.5 Å². The summed E-state index contributed by atoms with van der Waals surface area (Å²) in [6, 6.07) is 21.2. The molecule has 1 atom stereocenters. The lowest BCUT2D eigenvalue weighted by Crippen LogP contribution is -2.30. The zero-order valence-electron chi connectivity index (χ0n) is 17.0. The molecule has 0 aliphatic carbocycles. The number of nitriles is 1. The molecule has 0 saturated heterocycles. The lowest BCUT2D eigenvalue weighted by atomic mass is 10.2. The number of amides is 1. The summed E-state index contributed by atoms with van der Waals surface area (Å²) in [6.45, 7) is 1.64. The number of nitrogens with zero attached hydrogens (tertiary/aromatic N) is 1. The van der Waals surface area contributed by atoms with Crippen molar-refractivity contribution in [2.75, 3.05) is 12.1 Å². The maximum Gasteiger partial charge on any atom is 0.340 e. The molecule has 1 aliphatic rings. The Bertz CT molecular complexity index is 1220. The zero-order chi connectivity index (χ0) is 22.5. The Balaban J connectivity index is 1.44. The van der Waals surface area contributed by atoms with Gasteiger partial charge in [0.2, 0.25) is 6.79 Å². The van der Waals surface area contributed by atoms with Gasteiger partial charge in [0.25, 0.3) is 5.91 Å². The molecule has 4 rings (SSSR count). The second-order valence-corrected chi connectivity index (χ2v) is 7.89. The van der Waals surface area contributed by atoms with E-state index >= 15 is 0 Å². The molecule has 1 amide bonds. The van der Waals surface area contributed by atoms with Crippen molar-refractivity contribution in [3.63, 3.8) is 0 Å². The van der Waals surface area contributed by atoms with E-state index in [2.05, 4.69) is 11.4 Å². The predicted octanol–water partition coefficient (Wildman–Crippen LogP) is 4.62. The first kappa shape index (κ1) is 21.3. The van der Waals surface area contributed by atoms with Crippen LogP contribution in [0, 0.1) is 11.3 Å². The fraction of sp³-hybridized carbons (Fsp3) is 0.125. The van der Waals surface area contributed by atoms with Crippen molar-refractivity contribution in [2.45, 2.75) is 22.8 Å². The van der Waals surface area contributed by atoms with E-state index in [1.165, 1.54) is 18.7 Å². The lowest BCUT2D eigenvalue weighted by Gasteiger charge is -2.15. The van der Waals surface area contributed by atoms with Gasteiger partial charge in [-0.25, -0.2) is 4.79 Å². The summed E-state index contributed by atoms with van der Waals surface area (Å²) in [7, 11) is 0. The minimum Gasteiger partial charge on any atom is -0.454 e. The number of anilines is 1. The Hall–Kier alpha value is -3.96. The molecule has 0 aromatic heterocycles. The molecule has 8 heteroatoms. The molecular weight excluding hydrogens is 428 g/mol. The minimum absolute atomic E-state index is 0.136. The van der Waals surface area contributed by atoms with E-state index in [0.29, 0.717) is 33.2 Å². The van der Waals surface area contributed by atoms with Crippen molar-refractivity contribution in [1.82, 2.24) is 0 Å². The van der Waals surface area contributed by atoms with Crippen LogP contribution in [0.3, 0.4) is 0 Å². The number of carbonyl (C=O) groups is 2. The Kier molecular flexibility index (Phi) is 6.29. The van der Waals surface area contributed by atoms with Crippen LogP contribution in [0.4, 0.5) is 5.69 Å². The second kappa shape index (κ2) is 9.45. The molecule has 0 saturated carbocycles. The second-order valence-electron chi connectivity index (χ2n) is 6.81. The summed E-state index contributed by atoms with van der Waals surface area (Å²) in [4.78, 5) is 26.7. The monoisotopic (exact) mass is 446 g/mol. The van der Waals surface area contributed by atoms with Gasteiger partial charge >= 0.3 is 5.97 Å². The van der Waals surface area contributed by atoms with Crippen molar-refractivity contribution in [2.24, 2.45) is 0 Å². The van der Waals surface area contributed by atoms with Gasteiger partial charge in [-0.05, 0) is 43.3 Å². The molecule has 0 radical (unpaired) electrons. The maximum atomic E-state index is 12.8. The Morgan fingerprint density at radius 1 is 1.03 bits per heavy atom. The summed E-state index contributed by atoms with van der Waals surface area (Å²) < 4.78 is 16.0. The Morgan fingerprint density at radius 3 is 2.56 bits per heavy atom. The van der Waals surface area contributed by atoms with Gasteiger partial charge in [-0.2, -0.15) is 5.26 Å². The number of hydrogen-bond acceptors (Lipinski definition) is 7. The van der Waals surface area contributed by atoms with Crippen LogP contribution >= 0.6 is 11.8 Å². The average molecular weight is 446 g/mol. The van der Waals surface area contributed by atoms with Gasteiger partial charge < -0.3 is 19.5 Å². The van der Waals surface area contributed by atoms with Crippen molar-refractivity contribution in [1.29, 1.82) is 5.26 Å². The number of benzene rings is 3. The first-order chi connectivity index (χ1) is 15.5. The highest BCUT2D eigenvalue weighted by Gasteiger charge is 2.22. The number of fused-ring (bicyclic) bond motifs is 1. The molecule has 3 aromatic carbocycles. The third kappa shape index (κ3) is 4.68. The Morgan fingerprint density at radius 2 is 1.75 bits per heavy atom. The van der Waals surface area contributed by atoms with E-state index in [1.54, 1.807) is 54.6 Å². The molecule has 160 valence electrons. The normalized spacial score (nSPS) is 12.5. The molecular formula is C24H18N2O5S. The van der Waals surface area contributed by atoms with Crippen molar-refractivity contribution in [3.8, 4) is 17.6 Å². The first-order valence-corrected chi connectivity index (χ1v) is 10.5. The summed E-state index contributed by atoms with van der Waals surface area (Å²) >= 11 is 1.29. The van der Waals surface area contributed by atoms with E-state index in [1.807, 2.05) is 12.1 Å². The van der Waals surface area contributed by atoms with Crippen LogP contribution < -0.4 is 14.8 Å². The van der Waals surface area contributed by atoms with Crippen LogP contribution in [0.15, 0.2) is 76.5 Å². The molecule has 1 heterocycles. The van der Waals surface area contributed by atoms with Crippen LogP contribution in [0.25, 0.3) is 0 Å². The summed E-state index contributed by atoms with van der Waals surface area (Å²) in [5.41, 5.74) is 1.33. The van der Waals surface area contributed by atoms with Crippen LogP contribution in [-0.2, 0) is 9.53 Å². The van der Waals surface area contributed by atoms with E-state index in [9.17, 15) is 14.9 Å². The largest absolute Gasteiger partial charge is 0.454 e. The summed E-state index contributed by atoms with van der Waals surface area (Å²) in [6.07, 6.45) is -1.03. The number of carbonyl (C=O) groups excluding carboxylic acids is 2. The molecule has 3 aromatic rings. The van der Waals surface area contributed by atoms with Crippen LogP contribution in [0.5, 0.6) is 11.5 Å². The summed E-state index contributed by atoms with van der Waals surface area (Å²) in [5, 5.41) is 12.0. The molecule has 0 bridgehead atoms. The quantitative estimate of drug-likeness (QED) is 0.552. The highest BCUT2D eigenvalue weighted by molar-refractivity contribution is 7.99. The third-order valence-corrected chi connectivity index (χ3v) is 5.78. The number of nitrogens with one attached hydrogen (secondary N) is 1. The average Bonchev–Trinajstić information content (AvgIpc) is 3.27. The van der Waals surface area contributed by atoms with E-state index in [4.69, 9.17) is 14.2 Å². The van der Waals surface area contributed by atoms with Gasteiger partial charge in [0.15, 0.2) is 17.6 Å². The standard InChI is InChI=1S/C24H18N2O5S/c1-15(23(27)26-17-10-11-19-20(12-17)30-14-29-19)31-24(28)18-7-3-5-9-22(18)32-21-8-4-2-6-16(21)13-25/h2-12,15H,14H2,1H3,(H,26,27)/t15-/m0/s1. The third-order valence-electron chi connectivity index (χ3n) is 4.63. The zero-order valence-corrected chi connectivity index (χ0v) is 17.8. The van der Waals surface area contributed by atoms with Gasteiger partial charge in [-0.3, -0.25) is 4.79 Å². The van der Waals surface area contributed by atoms with Gasteiger partial charge in [0.1, 0.15) is 6.07 Å². The lowest BCUT2D eigenvalue weighted by molar-refractivity contribution is -0.123. The van der Waals surface area contributed by atoms with Gasteiger partial charge in [0.05, 0.1) is 11.1 Å². The summed E-state index contributed by atoms with van der Waals surface area (Å²) in [5.74, 6) is 0.0404. The SMILES string of the molecule is C[C@H](OC(=O)c1ccccc1Sc1ccccc1C#N)C(=O)Nc1ccc2c(c1)OCO2. The molecule has 7 nitrogen and oxygen atoms in total. The number of hydrogen-bond donors (Lipinski definition) is 1. The fourth-order valence-electron chi connectivity index (χ4n) is 2.99. The first-order valence-electron chi connectivity index (χ1n) is 9.72. The van der Waals surface area contributed by atoms with Gasteiger partial charge in [-0.15, -0.1) is 0 Å². The van der Waals surface area contributed by atoms with E-state index < -0.39 is 18.0 Å². The van der Waals surface area contributed by atoms with Crippen LogP contribution in [0.2, 0.25) is 0 Å². The number of esters is 1. The Labute approximate surface area is 188 Å². The molecule has 0 fully saturated rings. The van der Waals surface area contributed by atoms with Crippen molar-refractivity contribution >= 4 is 29.3 Å². The number of rotatable bonds is 6. The maximum absolute atomic E-state index is 12.8. The van der Waals surface area contributed by atoms with Gasteiger partial charge in [-0.1, -0.05) is 36.0 Å². The predicted molar refractivity (Wildman–Crippen MR) is 118 cm³/mol. The molecule has 1 N–H and O–H groups in total. The molecule has 0 spiro atoms. The fourth-order valence-corrected chi connectivity index (χ4v) is 4.00. The van der Waals surface area contributed by atoms with E-state index in [-0.39, 0.29) is 6.79 Å². The smallest absolute Gasteiger partial charge is 0.340 e. The molecule has 0 unspecified atom stereocenters. The minimum atomic E-state index is -1.03. The van der Waals surface area contributed by atoms with Crippen LogP contribution in [0.1, 0.15) is 22.8 Å². The molecule has 32 heavy (non-hydrogen) atoms. The highest BCUT2D eigenvalue weighted by Crippen LogP contribution is 2.35. The van der Waals surface area contributed by atoms with E-state index in [0.717, 1.165) is 4.90 Å².